The number of thiophene rings is 1. The summed E-state index contributed by atoms with van der Waals surface area (Å²) in [6.07, 6.45) is 0. The molecule has 0 saturated carbocycles. The number of sulfonamides is 1. The average Bonchev–Trinajstić information content (AvgIpc) is 2.83. The summed E-state index contributed by atoms with van der Waals surface area (Å²) in [5.74, 6) is -0.706. The van der Waals surface area contributed by atoms with Crippen LogP contribution in [0.25, 0.3) is 0 Å². The van der Waals surface area contributed by atoms with E-state index in [1.165, 1.54) is 25.7 Å². The van der Waals surface area contributed by atoms with Gasteiger partial charge in [-0.25, -0.2) is 13.2 Å². The van der Waals surface area contributed by atoms with Gasteiger partial charge in [0.25, 0.3) is 10.0 Å². The summed E-state index contributed by atoms with van der Waals surface area (Å²) in [4.78, 5) is 17.8. The maximum absolute atomic E-state index is 11.8. The molecule has 7 nitrogen and oxygen atoms in total. The van der Waals surface area contributed by atoms with E-state index in [9.17, 15) is 13.2 Å². The van der Waals surface area contributed by atoms with Gasteiger partial charge >= 0.3 is 5.97 Å². The molecule has 0 unspecified atom stereocenters. The van der Waals surface area contributed by atoms with Crippen molar-refractivity contribution < 1.29 is 27.5 Å². The van der Waals surface area contributed by atoms with Gasteiger partial charge in [0.05, 0.1) is 20.3 Å². The topological polar surface area (TPSA) is 90.9 Å². The Morgan fingerprint density at radius 3 is 2.72 bits per heavy atom. The van der Waals surface area contributed by atoms with Crippen LogP contribution >= 0.6 is 11.3 Å². The number of esters is 1. The number of ether oxygens (including phenoxy) is 2. The second-order valence-corrected chi connectivity index (χ2v) is 5.56. The molecule has 1 N–H and O–H groups in total. The summed E-state index contributed by atoms with van der Waals surface area (Å²) in [5.41, 5.74) is 0. The van der Waals surface area contributed by atoms with Crippen molar-refractivity contribution in [2.75, 3.05) is 27.4 Å². The van der Waals surface area contributed by atoms with Gasteiger partial charge in [0.1, 0.15) is 9.77 Å². The van der Waals surface area contributed by atoms with Gasteiger partial charge in [-0.05, 0) is 11.4 Å². The van der Waals surface area contributed by atoms with Crippen molar-refractivity contribution in [2.45, 2.75) is 4.90 Å². The van der Waals surface area contributed by atoms with Gasteiger partial charge in [0, 0.05) is 7.11 Å². The first-order valence-corrected chi connectivity index (χ1v) is 7.17. The van der Waals surface area contributed by atoms with Crippen LogP contribution in [0, 0.1) is 0 Å². The molecule has 102 valence electrons. The highest BCUT2D eigenvalue weighted by Gasteiger charge is 2.24. The third kappa shape index (κ3) is 3.75. The van der Waals surface area contributed by atoms with Crippen molar-refractivity contribution in [2.24, 2.45) is 0 Å². The lowest BCUT2D eigenvalue weighted by Crippen LogP contribution is -2.26. The Morgan fingerprint density at radius 2 is 2.11 bits per heavy atom. The fourth-order valence-corrected chi connectivity index (χ4v) is 3.21. The molecular weight excluding hydrogens is 282 g/mol. The minimum Gasteiger partial charge on any atom is -0.465 e. The Bertz CT molecular complexity index is 495. The third-order valence-corrected chi connectivity index (χ3v) is 4.13. The lowest BCUT2D eigenvalue weighted by Gasteiger charge is -2.06. The number of hydrogen-bond donors (Lipinski definition) is 1. The smallest absolute Gasteiger partial charge is 0.349 e. The molecule has 1 heterocycles. The molecule has 0 aliphatic heterocycles. The van der Waals surface area contributed by atoms with Crippen LogP contribution < -0.4 is 4.89 Å². The molecule has 9 heteroatoms. The van der Waals surface area contributed by atoms with Crippen LogP contribution in [0.3, 0.4) is 0 Å². The lowest BCUT2D eigenvalue weighted by molar-refractivity contribution is 0.0437. The molecule has 0 atom stereocenters. The van der Waals surface area contributed by atoms with Gasteiger partial charge in [0.15, 0.2) is 0 Å². The number of rotatable bonds is 7. The van der Waals surface area contributed by atoms with Gasteiger partial charge in [-0.1, -0.05) is 4.89 Å². The van der Waals surface area contributed by atoms with Crippen LogP contribution in [0.2, 0.25) is 0 Å². The molecule has 0 aromatic carbocycles. The van der Waals surface area contributed by atoms with Crippen LogP contribution in [0.1, 0.15) is 9.67 Å². The molecule has 0 amide bonds. The summed E-state index contributed by atoms with van der Waals surface area (Å²) < 4.78 is 32.8. The van der Waals surface area contributed by atoms with E-state index < -0.39 is 16.0 Å². The van der Waals surface area contributed by atoms with Crippen molar-refractivity contribution in [1.29, 1.82) is 0 Å². The number of carbonyl (C=O) groups is 1. The van der Waals surface area contributed by atoms with E-state index in [2.05, 4.69) is 4.74 Å². The molecule has 0 spiro atoms. The standard InChI is InChI=1S/C9H13NO6S2/c1-14-4-5-16-10-18(12,13)7-3-6-17-8(7)9(11)15-2/h3,6,10H,4-5H2,1-2H3. The minimum atomic E-state index is -3.90. The van der Waals surface area contributed by atoms with E-state index >= 15 is 0 Å². The first-order valence-electron chi connectivity index (χ1n) is 4.81. The van der Waals surface area contributed by atoms with Crippen LogP contribution in [-0.4, -0.2) is 41.8 Å². The third-order valence-electron chi connectivity index (χ3n) is 1.85. The highest BCUT2D eigenvalue weighted by Crippen LogP contribution is 2.22. The molecule has 1 aromatic rings. The van der Waals surface area contributed by atoms with Gasteiger partial charge in [-0.2, -0.15) is 0 Å². The molecule has 1 rings (SSSR count). The van der Waals surface area contributed by atoms with Crippen LogP contribution in [0.5, 0.6) is 0 Å². The zero-order chi connectivity index (χ0) is 13.6. The van der Waals surface area contributed by atoms with Crippen molar-refractivity contribution in [1.82, 2.24) is 4.89 Å². The van der Waals surface area contributed by atoms with Crippen molar-refractivity contribution in [3.8, 4) is 0 Å². The molecule has 0 aliphatic carbocycles. The monoisotopic (exact) mass is 295 g/mol. The highest BCUT2D eigenvalue weighted by molar-refractivity contribution is 7.89. The summed E-state index contributed by atoms with van der Waals surface area (Å²) in [7, 11) is -1.26. The zero-order valence-electron chi connectivity index (χ0n) is 9.83. The maximum atomic E-state index is 11.8. The first-order chi connectivity index (χ1) is 8.53. The van der Waals surface area contributed by atoms with Crippen LogP contribution in [-0.2, 0) is 24.3 Å². The quantitative estimate of drug-likeness (QED) is 0.444. The Labute approximate surface area is 109 Å². The number of nitrogens with one attached hydrogen (secondary N) is 1. The molecular formula is C9H13NO6S2. The van der Waals surface area contributed by atoms with Crippen molar-refractivity contribution >= 4 is 27.3 Å². The highest BCUT2D eigenvalue weighted by atomic mass is 32.2. The molecule has 0 aliphatic rings. The normalized spacial score (nSPS) is 11.4. The minimum absolute atomic E-state index is 0.000316. The second kappa shape index (κ2) is 6.81. The maximum Gasteiger partial charge on any atom is 0.349 e. The zero-order valence-corrected chi connectivity index (χ0v) is 11.5. The van der Waals surface area contributed by atoms with Crippen LogP contribution in [0.15, 0.2) is 16.3 Å². The Kier molecular flexibility index (Phi) is 5.69. The Hall–Kier alpha value is -1.00. The predicted molar refractivity (Wildman–Crippen MR) is 63.8 cm³/mol. The molecule has 0 bridgehead atoms. The van der Waals surface area contributed by atoms with Crippen molar-refractivity contribution in [3.05, 3.63) is 16.3 Å². The fraction of sp³-hybridized carbons (Fsp3) is 0.444. The molecule has 0 saturated heterocycles. The number of carbonyl (C=O) groups excluding carboxylic acids is 1. The summed E-state index contributed by atoms with van der Waals surface area (Å²) in [5, 5.41) is 1.48. The molecule has 0 fully saturated rings. The molecule has 0 radical (unpaired) electrons. The second-order valence-electron chi connectivity index (χ2n) is 3.03. The SMILES string of the molecule is COCCONS(=O)(=O)c1ccsc1C(=O)OC. The first kappa shape index (κ1) is 15.1. The summed E-state index contributed by atoms with van der Waals surface area (Å²) in [6.45, 7) is 0.309. The predicted octanol–water partition coefficient (Wildman–Crippen LogP) is 0.391. The van der Waals surface area contributed by atoms with E-state index in [-0.39, 0.29) is 23.0 Å². The van der Waals surface area contributed by atoms with E-state index in [0.717, 1.165) is 11.3 Å². The van der Waals surface area contributed by atoms with Crippen molar-refractivity contribution in [3.63, 3.8) is 0 Å². The van der Waals surface area contributed by atoms with Gasteiger partial charge in [-0.15, -0.1) is 11.3 Å². The van der Waals surface area contributed by atoms with Gasteiger partial charge in [0.2, 0.25) is 0 Å². The Balaban J connectivity index is 2.79. The van der Waals surface area contributed by atoms with E-state index in [1.54, 1.807) is 0 Å². The van der Waals surface area contributed by atoms with Crippen LogP contribution in [0.4, 0.5) is 0 Å². The molecule has 1 aromatic heterocycles. The van der Waals surface area contributed by atoms with E-state index in [1.807, 2.05) is 4.89 Å². The largest absolute Gasteiger partial charge is 0.465 e. The Morgan fingerprint density at radius 1 is 1.39 bits per heavy atom. The average molecular weight is 295 g/mol. The summed E-state index contributed by atoms with van der Waals surface area (Å²) in [6, 6.07) is 1.30. The number of hydrogen-bond acceptors (Lipinski definition) is 7. The fourth-order valence-electron chi connectivity index (χ4n) is 1.04. The van der Waals surface area contributed by atoms with E-state index in [4.69, 9.17) is 9.57 Å². The van der Waals surface area contributed by atoms with E-state index in [0.29, 0.717) is 0 Å². The van der Waals surface area contributed by atoms with Gasteiger partial charge < -0.3 is 9.47 Å². The van der Waals surface area contributed by atoms with Gasteiger partial charge in [-0.3, -0.25) is 4.84 Å². The lowest BCUT2D eigenvalue weighted by atomic mass is 10.5. The summed E-state index contributed by atoms with van der Waals surface area (Å²) >= 11 is 0.979. The number of methoxy groups -OCH3 is 2. The molecule has 18 heavy (non-hydrogen) atoms.